The highest BCUT2D eigenvalue weighted by Gasteiger charge is 2.06. The Kier molecular flexibility index (Phi) is 1.60. The van der Waals surface area contributed by atoms with Gasteiger partial charge in [0.15, 0.2) is 5.65 Å². The van der Waals surface area contributed by atoms with Gasteiger partial charge in [-0.2, -0.15) is 0 Å². The molecule has 0 spiro atoms. The predicted octanol–water partition coefficient (Wildman–Crippen LogP) is 1.17. The molecule has 0 fully saturated rings. The molecular weight excluding hydrogens is 190 g/mol. The van der Waals surface area contributed by atoms with Crippen LogP contribution in [0.15, 0.2) is 36.4 Å². The summed E-state index contributed by atoms with van der Waals surface area (Å²) in [5.74, 6) is 5.92. The molecule has 0 aliphatic heterocycles. The predicted molar refractivity (Wildman–Crippen MR) is 58.3 cm³/mol. The summed E-state index contributed by atoms with van der Waals surface area (Å²) in [5.41, 5.74) is 4.35. The maximum absolute atomic E-state index is 5.38. The fourth-order valence-electron chi connectivity index (χ4n) is 1.73. The van der Waals surface area contributed by atoms with Gasteiger partial charge in [0.05, 0.1) is 5.52 Å². The first-order valence-corrected chi connectivity index (χ1v) is 4.59. The summed E-state index contributed by atoms with van der Waals surface area (Å²) >= 11 is 0. The summed E-state index contributed by atoms with van der Waals surface area (Å²) < 4.78 is 1.88. The van der Waals surface area contributed by atoms with E-state index < -0.39 is 0 Å². The first kappa shape index (κ1) is 8.19. The van der Waals surface area contributed by atoms with Crippen LogP contribution in [-0.2, 0) is 0 Å². The van der Waals surface area contributed by atoms with Crippen molar-refractivity contribution in [1.29, 1.82) is 0 Å². The van der Waals surface area contributed by atoms with Crippen molar-refractivity contribution in [3.05, 3.63) is 36.4 Å². The lowest BCUT2D eigenvalue weighted by atomic mass is 10.2. The van der Waals surface area contributed by atoms with Crippen molar-refractivity contribution >= 4 is 22.5 Å². The van der Waals surface area contributed by atoms with Gasteiger partial charge in [0, 0.05) is 0 Å². The number of nitrogens with two attached hydrogens (primary N) is 1. The number of hydrogen-bond acceptors (Lipinski definition) is 4. The Labute approximate surface area is 85.5 Å². The van der Waals surface area contributed by atoms with Gasteiger partial charge in [-0.05, 0) is 23.6 Å². The normalized spacial score (nSPS) is 11.0. The van der Waals surface area contributed by atoms with E-state index in [0.717, 1.165) is 16.6 Å². The summed E-state index contributed by atoms with van der Waals surface area (Å²) in [6, 6.07) is 11.9. The molecule has 0 unspecified atom stereocenters. The van der Waals surface area contributed by atoms with E-state index in [-0.39, 0.29) is 0 Å². The number of aromatic nitrogens is 3. The van der Waals surface area contributed by atoms with Crippen LogP contribution >= 0.6 is 0 Å². The molecule has 0 atom stereocenters. The Morgan fingerprint density at radius 1 is 1.07 bits per heavy atom. The van der Waals surface area contributed by atoms with Gasteiger partial charge in [-0.3, -0.25) is 9.83 Å². The third-order valence-electron chi connectivity index (χ3n) is 2.41. The molecule has 0 radical (unpaired) electrons. The Bertz CT molecular complexity index is 628. The van der Waals surface area contributed by atoms with Gasteiger partial charge < -0.3 is 0 Å². The van der Waals surface area contributed by atoms with Crippen molar-refractivity contribution < 1.29 is 0 Å². The lowest BCUT2D eigenvalue weighted by molar-refractivity contribution is 1.08. The fraction of sp³-hybridized carbons (Fsp3) is 0. The second-order valence-corrected chi connectivity index (χ2v) is 3.25. The van der Waals surface area contributed by atoms with Crippen LogP contribution in [0.5, 0.6) is 0 Å². The molecule has 2 heterocycles. The van der Waals surface area contributed by atoms with E-state index in [1.807, 2.05) is 40.8 Å². The molecule has 1 aromatic carbocycles. The average molecular weight is 199 g/mol. The monoisotopic (exact) mass is 199 g/mol. The SMILES string of the molecule is NNc1nnc2ccc3ccccc3n12. The van der Waals surface area contributed by atoms with Crippen molar-refractivity contribution in [1.82, 2.24) is 14.6 Å². The molecule has 3 aromatic rings. The number of hydrogen-bond donors (Lipinski definition) is 2. The van der Waals surface area contributed by atoms with Crippen LogP contribution in [0.3, 0.4) is 0 Å². The van der Waals surface area contributed by atoms with E-state index in [1.165, 1.54) is 0 Å². The zero-order chi connectivity index (χ0) is 10.3. The minimum absolute atomic E-state index is 0.543. The minimum Gasteiger partial charge on any atom is -0.292 e. The molecule has 0 saturated carbocycles. The van der Waals surface area contributed by atoms with Crippen molar-refractivity contribution in [2.45, 2.75) is 0 Å². The zero-order valence-electron chi connectivity index (χ0n) is 7.88. The van der Waals surface area contributed by atoms with Crippen molar-refractivity contribution in [2.24, 2.45) is 5.84 Å². The standard InChI is InChI=1S/C10H9N5/c11-12-10-14-13-9-6-5-7-3-1-2-4-8(7)15(9)10/h1-6H,11H2,(H,12,14). The number of nitrogen functional groups attached to an aromatic ring is 1. The number of anilines is 1. The largest absolute Gasteiger partial charge is 0.292 e. The van der Waals surface area contributed by atoms with E-state index in [9.17, 15) is 0 Å². The highest BCUT2D eigenvalue weighted by molar-refractivity contribution is 5.83. The Morgan fingerprint density at radius 2 is 1.93 bits per heavy atom. The zero-order valence-corrected chi connectivity index (χ0v) is 7.88. The van der Waals surface area contributed by atoms with Crippen LogP contribution in [0.1, 0.15) is 0 Å². The highest BCUT2D eigenvalue weighted by atomic mass is 15.4. The maximum Gasteiger partial charge on any atom is 0.243 e. The van der Waals surface area contributed by atoms with Gasteiger partial charge >= 0.3 is 0 Å². The van der Waals surface area contributed by atoms with Crippen LogP contribution in [0.25, 0.3) is 16.6 Å². The smallest absolute Gasteiger partial charge is 0.243 e. The van der Waals surface area contributed by atoms with Gasteiger partial charge in [-0.25, -0.2) is 5.84 Å². The van der Waals surface area contributed by atoms with E-state index in [4.69, 9.17) is 5.84 Å². The Hall–Kier alpha value is -2.14. The number of para-hydroxylation sites is 1. The number of benzene rings is 1. The molecular formula is C10H9N5. The van der Waals surface area contributed by atoms with E-state index in [0.29, 0.717) is 5.95 Å². The molecule has 5 heteroatoms. The van der Waals surface area contributed by atoms with Crippen molar-refractivity contribution in [2.75, 3.05) is 5.43 Å². The lowest BCUT2D eigenvalue weighted by Gasteiger charge is -2.03. The molecule has 0 aliphatic rings. The highest BCUT2D eigenvalue weighted by Crippen LogP contribution is 2.18. The number of rotatable bonds is 1. The minimum atomic E-state index is 0.543. The first-order valence-electron chi connectivity index (χ1n) is 4.59. The van der Waals surface area contributed by atoms with E-state index in [2.05, 4.69) is 15.6 Å². The van der Waals surface area contributed by atoms with Crippen molar-refractivity contribution in [3.8, 4) is 0 Å². The third-order valence-corrected chi connectivity index (χ3v) is 2.41. The van der Waals surface area contributed by atoms with E-state index >= 15 is 0 Å². The first-order chi connectivity index (χ1) is 7.40. The van der Waals surface area contributed by atoms with Gasteiger partial charge in [0.2, 0.25) is 5.95 Å². The van der Waals surface area contributed by atoms with Crippen molar-refractivity contribution in [3.63, 3.8) is 0 Å². The van der Waals surface area contributed by atoms with Gasteiger partial charge in [0.1, 0.15) is 0 Å². The molecule has 74 valence electrons. The molecule has 0 saturated heterocycles. The number of nitrogens with one attached hydrogen (secondary N) is 1. The lowest BCUT2D eigenvalue weighted by Crippen LogP contribution is -2.10. The fourth-order valence-corrected chi connectivity index (χ4v) is 1.73. The van der Waals surface area contributed by atoms with Crippen LogP contribution in [0.2, 0.25) is 0 Å². The van der Waals surface area contributed by atoms with E-state index in [1.54, 1.807) is 0 Å². The summed E-state index contributed by atoms with van der Waals surface area (Å²) in [6.07, 6.45) is 0. The van der Waals surface area contributed by atoms with Gasteiger partial charge in [-0.1, -0.05) is 18.2 Å². The summed E-state index contributed by atoms with van der Waals surface area (Å²) in [7, 11) is 0. The molecule has 2 aromatic heterocycles. The number of nitrogens with zero attached hydrogens (tertiary/aromatic N) is 3. The average Bonchev–Trinajstić information content (AvgIpc) is 2.72. The molecule has 3 N–H and O–H groups in total. The van der Waals surface area contributed by atoms with Crippen LogP contribution in [-0.4, -0.2) is 14.6 Å². The molecule has 3 rings (SSSR count). The third kappa shape index (κ3) is 1.07. The number of fused-ring (bicyclic) bond motifs is 3. The topological polar surface area (TPSA) is 68.2 Å². The molecule has 0 aliphatic carbocycles. The molecule has 0 amide bonds. The quantitative estimate of drug-likeness (QED) is 0.456. The van der Waals surface area contributed by atoms with Gasteiger partial charge in [-0.15, -0.1) is 10.2 Å². The molecule has 0 bridgehead atoms. The Balaban J connectivity index is 2.56. The van der Waals surface area contributed by atoms with Crippen LogP contribution < -0.4 is 11.3 Å². The van der Waals surface area contributed by atoms with Crippen LogP contribution in [0.4, 0.5) is 5.95 Å². The second kappa shape index (κ2) is 2.93. The summed E-state index contributed by atoms with van der Waals surface area (Å²) in [4.78, 5) is 0. The summed E-state index contributed by atoms with van der Waals surface area (Å²) in [6.45, 7) is 0. The van der Waals surface area contributed by atoms with Crippen LogP contribution in [0, 0.1) is 0 Å². The summed E-state index contributed by atoms with van der Waals surface area (Å²) in [5, 5.41) is 9.08. The number of pyridine rings is 1. The molecule has 15 heavy (non-hydrogen) atoms. The molecule has 5 nitrogen and oxygen atoms in total. The van der Waals surface area contributed by atoms with Gasteiger partial charge in [0.25, 0.3) is 0 Å². The Morgan fingerprint density at radius 3 is 2.80 bits per heavy atom. The number of hydrazine groups is 1. The second-order valence-electron chi connectivity index (χ2n) is 3.25. The maximum atomic E-state index is 5.38.